The van der Waals surface area contributed by atoms with Crippen LogP contribution < -0.4 is 5.32 Å². The first kappa shape index (κ1) is 16.1. The van der Waals surface area contributed by atoms with Crippen LogP contribution in [0.15, 0.2) is 0 Å². The number of nitrogens with one attached hydrogen (secondary N) is 1. The number of carboxylic acids is 1. The van der Waals surface area contributed by atoms with Crippen molar-refractivity contribution in [2.24, 2.45) is 5.41 Å². The van der Waals surface area contributed by atoms with Crippen LogP contribution >= 0.6 is 0 Å². The Hall–Kier alpha value is -1.31. The van der Waals surface area contributed by atoms with Crippen LogP contribution in [0.5, 0.6) is 0 Å². The van der Waals surface area contributed by atoms with Crippen molar-refractivity contribution in [1.29, 1.82) is 0 Å². The van der Waals surface area contributed by atoms with Gasteiger partial charge in [-0.25, -0.2) is 0 Å². The lowest BCUT2D eigenvalue weighted by Crippen LogP contribution is -2.61. The molecule has 8 heteroatoms. The van der Waals surface area contributed by atoms with Gasteiger partial charge in [0.15, 0.2) is 0 Å². The first-order valence-electron chi connectivity index (χ1n) is 7.08. The minimum absolute atomic E-state index is 0.244. The number of hydrogen-bond donors (Lipinski definition) is 2. The highest BCUT2D eigenvalue weighted by Crippen LogP contribution is 2.54. The van der Waals surface area contributed by atoms with E-state index in [0.29, 0.717) is 25.8 Å². The molecule has 1 atom stereocenters. The second-order valence-corrected chi connectivity index (χ2v) is 5.76. The van der Waals surface area contributed by atoms with E-state index in [9.17, 15) is 22.8 Å². The highest BCUT2D eigenvalue weighted by atomic mass is 19.4. The summed E-state index contributed by atoms with van der Waals surface area (Å²) >= 11 is 0. The fraction of sp³-hybridized carbons (Fsp3) is 0.846. The number of rotatable bonds is 4. The largest absolute Gasteiger partial charge is 0.480 e. The van der Waals surface area contributed by atoms with Crippen LogP contribution in [-0.2, 0) is 9.59 Å². The molecule has 0 unspecified atom stereocenters. The normalized spacial score (nSPS) is 25.0. The Kier molecular flexibility index (Phi) is 4.46. The summed E-state index contributed by atoms with van der Waals surface area (Å²) in [5.74, 6) is -2.36. The zero-order chi connectivity index (χ0) is 15.7. The van der Waals surface area contributed by atoms with Crippen LogP contribution in [0.1, 0.15) is 32.1 Å². The first-order valence-corrected chi connectivity index (χ1v) is 7.08. The lowest BCUT2D eigenvalue weighted by atomic mass is 9.67. The lowest BCUT2D eigenvalue weighted by molar-refractivity contribution is -0.249. The molecule has 120 valence electrons. The fourth-order valence-corrected chi connectivity index (χ4v) is 3.04. The van der Waals surface area contributed by atoms with Crippen LogP contribution in [0, 0.1) is 5.41 Å². The van der Waals surface area contributed by atoms with Crippen molar-refractivity contribution in [3.05, 3.63) is 0 Å². The molecular formula is C13H19F3N2O3. The van der Waals surface area contributed by atoms with E-state index in [1.165, 1.54) is 0 Å². The van der Waals surface area contributed by atoms with Gasteiger partial charge >= 0.3 is 12.1 Å². The quantitative estimate of drug-likeness (QED) is 0.823. The summed E-state index contributed by atoms with van der Waals surface area (Å²) in [6.45, 7) is 0.395. The molecule has 5 nitrogen and oxygen atoms in total. The Morgan fingerprint density at radius 3 is 2.33 bits per heavy atom. The topological polar surface area (TPSA) is 69.6 Å². The molecule has 1 saturated heterocycles. The van der Waals surface area contributed by atoms with Gasteiger partial charge in [0.1, 0.15) is 12.0 Å². The van der Waals surface area contributed by atoms with Crippen molar-refractivity contribution in [3.8, 4) is 0 Å². The number of hydrogen-bond acceptors (Lipinski definition) is 3. The van der Waals surface area contributed by atoms with Gasteiger partial charge in [0.05, 0.1) is 0 Å². The van der Waals surface area contributed by atoms with Crippen LogP contribution in [0.2, 0.25) is 0 Å². The van der Waals surface area contributed by atoms with Gasteiger partial charge < -0.3 is 15.3 Å². The molecule has 0 aromatic carbocycles. The van der Waals surface area contributed by atoms with Gasteiger partial charge in [-0.2, -0.15) is 13.2 Å². The average molecular weight is 308 g/mol. The summed E-state index contributed by atoms with van der Waals surface area (Å²) in [5, 5.41) is 11.9. The Morgan fingerprint density at radius 1 is 1.29 bits per heavy atom. The van der Waals surface area contributed by atoms with Crippen molar-refractivity contribution in [2.75, 3.05) is 19.6 Å². The standard InChI is InChI=1S/C13H19F3N2O3/c14-13(15,16)12(4-2-5-12)11(21)18(8-10(19)20)9-3-1-6-17-7-9/h9,17H,1-8H2,(H,19,20)/t9-/m0/s1. The molecule has 1 heterocycles. The summed E-state index contributed by atoms with van der Waals surface area (Å²) in [4.78, 5) is 24.3. The van der Waals surface area contributed by atoms with E-state index in [-0.39, 0.29) is 12.8 Å². The van der Waals surface area contributed by atoms with E-state index in [2.05, 4.69) is 5.32 Å². The maximum Gasteiger partial charge on any atom is 0.403 e. The highest BCUT2D eigenvalue weighted by Gasteiger charge is 2.64. The average Bonchev–Trinajstić information content (AvgIpc) is 2.33. The van der Waals surface area contributed by atoms with Gasteiger partial charge in [-0.1, -0.05) is 6.42 Å². The Bertz CT molecular complexity index is 415. The predicted octanol–water partition coefficient (Wildman–Crippen LogP) is 1.38. The van der Waals surface area contributed by atoms with Crippen LogP contribution in [-0.4, -0.2) is 53.7 Å². The number of carboxylic acid groups (broad SMARTS) is 1. The van der Waals surface area contributed by atoms with E-state index >= 15 is 0 Å². The number of piperidine rings is 1. The number of carbonyl (C=O) groups is 2. The third kappa shape index (κ3) is 3.00. The van der Waals surface area contributed by atoms with Gasteiger partial charge in [-0.3, -0.25) is 9.59 Å². The van der Waals surface area contributed by atoms with Gasteiger partial charge in [-0.15, -0.1) is 0 Å². The molecule has 0 aromatic heterocycles. The van der Waals surface area contributed by atoms with Crippen LogP contribution in [0.4, 0.5) is 13.2 Å². The zero-order valence-corrected chi connectivity index (χ0v) is 11.6. The molecule has 1 amide bonds. The van der Waals surface area contributed by atoms with E-state index in [0.717, 1.165) is 11.4 Å². The molecule has 1 aliphatic carbocycles. The van der Waals surface area contributed by atoms with Crippen molar-refractivity contribution >= 4 is 11.9 Å². The van der Waals surface area contributed by atoms with Crippen LogP contribution in [0.25, 0.3) is 0 Å². The summed E-state index contributed by atoms with van der Waals surface area (Å²) < 4.78 is 39.8. The number of alkyl halides is 3. The Balaban J connectivity index is 2.22. The molecule has 0 radical (unpaired) electrons. The second kappa shape index (κ2) is 5.82. The third-order valence-electron chi connectivity index (χ3n) is 4.44. The van der Waals surface area contributed by atoms with E-state index < -0.39 is 36.1 Å². The first-order chi connectivity index (χ1) is 9.78. The smallest absolute Gasteiger partial charge is 0.403 e. The number of amides is 1. The van der Waals surface area contributed by atoms with E-state index in [1.807, 2.05) is 0 Å². The van der Waals surface area contributed by atoms with Gasteiger partial charge in [0.2, 0.25) is 5.91 Å². The summed E-state index contributed by atoms with van der Waals surface area (Å²) in [5.41, 5.74) is -2.38. The molecule has 2 rings (SSSR count). The molecule has 2 aliphatic rings. The number of halogens is 3. The number of nitrogens with zero attached hydrogens (tertiary/aromatic N) is 1. The third-order valence-corrected chi connectivity index (χ3v) is 4.44. The minimum Gasteiger partial charge on any atom is -0.480 e. The predicted molar refractivity (Wildman–Crippen MR) is 67.6 cm³/mol. The molecule has 2 N–H and O–H groups in total. The van der Waals surface area contributed by atoms with Crippen molar-refractivity contribution in [3.63, 3.8) is 0 Å². The number of carbonyl (C=O) groups excluding carboxylic acids is 1. The molecule has 1 aliphatic heterocycles. The van der Waals surface area contributed by atoms with Gasteiger partial charge in [-0.05, 0) is 32.2 Å². The molecular weight excluding hydrogens is 289 g/mol. The van der Waals surface area contributed by atoms with Crippen molar-refractivity contribution in [1.82, 2.24) is 10.2 Å². The van der Waals surface area contributed by atoms with E-state index in [1.54, 1.807) is 0 Å². The molecule has 1 saturated carbocycles. The van der Waals surface area contributed by atoms with Crippen LogP contribution in [0.3, 0.4) is 0 Å². The molecule has 21 heavy (non-hydrogen) atoms. The summed E-state index contributed by atoms with van der Waals surface area (Å²) in [6.07, 6.45) is -3.53. The Labute approximate surface area is 120 Å². The SMILES string of the molecule is O=C(O)CN(C(=O)C1(C(F)(F)F)CCC1)[C@H]1CCCNC1. The number of aliphatic carboxylic acids is 1. The molecule has 0 aromatic rings. The molecule has 0 spiro atoms. The maximum absolute atomic E-state index is 13.3. The molecule has 2 fully saturated rings. The highest BCUT2D eigenvalue weighted by molar-refractivity contribution is 5.87. The summed E-state index contributed by atoms with van der Waals surface area (Å²) in [7, 11) is 0. The maximum atomic E-state index is 13.3. The zero-order valence-electron chi connectivity index (χ0n) is 11.6. The van der Waals surface area contributed by atoms with Gasteiger partial charge in [0.25, 0.3) is 0 Å². The summed E-state index contributed by atoms with van der Waals surface area (Å²) in [6, 6.07) is -0.484. The fourth-order valence-electron chi connectivity index (χ4n) is 3.04. The minimum atomic E-state index is -4.62. The van der Waals surface area contributed by atoms with Crippen molar-refractivity contribution in [2.45, 2.75) is 44.3 Å². The molecule has 0 bridgehead atoms. The lowest BCUT2D eigenvalue weighted by Gasteiger charge is -2.46. The van der Waals surface area contributed by atoms with E-state index in [4.69, 9.17) is 5.11 Å². The van der Waals surface area contributed by atoms with Crippen molar-refractivity contribution < 1.29 is 27.9 Å². The van der Waals surface area contributed by atoms with Gasteiger partial charge in [0, 0.05) is 12.6 Å². The Morgan fingerprint density at radius 2 is 1.95 bits per heavy atom. The second-order valence-electron chi connectivity index (χ2n) is 5.76. The monoisotopic (exact) mass is 308 g/mol.